The lowest BCUT2D eigenvalue weighted by Gasteiger charge is -2.12. The maximum absolute atomic E-state index is 12.9. The lowest BCUT2D eigenvalue weighted by Crippen LogP contribution is -2.22. The highest BCUT2D eigenvalue weighted by Crippen LogP contribution is 2.34. The van der Waals surface area contributed by atoms with Crippen molar-refractivity contribution in [3.8, 4) is 0 Å². The monoisotopic (exact) mass is 451 g/mol. The summed E-state index contributed by atoms with van der Waals surface area (Å²) < 4.78 is 39.9. The second-order valence-electron chi connectivity index (χ2n) is 6.46. The Morgan fingerprint density at radius 2 is 1.87 bits per heavy atom. The number of alkyl halides is 3. The summed E-state index contributed by atoms with van der Waals surface area (Å²) in [5.74, 6) is -0.783. The number of aromatic nitrogens is 1. The number of hydrogen-bond donors (Lipinski definition) is 1. The zero-order valence-electron chi connectivity index (χ0n) is 15.5. The van der Waals surface area contributed by atoms with Gasteiger partial charge in [0.15, 0.2) is 0 Å². The summed E-state index contributed by atoms with van der Waals surface area (Å²) in [6, 6.07) is 10.5. The second-order valence-corrected chi connectivity index (χ2v) is 6.86. The number of pyridine rings is 1. The fraction of sp³-hybridized carbons (Fsp3) is 0.100. The van der Waals surface area contributed by atoms with E-state index in [1.807, 2.05) is 0 Å². The number of nitrogens with zero attached hydrogens (tertiary/aromatic N) is 2. The Bertz CT molecular complexity index is 1220. The van der Waals surface area contributed by atoms with E-state index >= 15 is 0 Å². The number of non-ortho nitro benzene ring substituents is 1. The summed E-state index contributed by atoms with van der Waals surface area (Å²) in [7, 11) is 0. The first-order valence-electron chi connectivity index (χ1n) is 8.66. The molecule has 0 bridgehead atoms. The molecule has 0 saturated heterocycles. The second kappa shape index (κ2) is 8.60. The molecule has 1 heterocycles. The van der Waals surface area contributed by atoms with Gasteiger partial charge in [-0.25, -0.2) is 0 Å². The standard InChI is InChI=1S/C20H13ClF3N3O4/c21-16-6-5-14(20(22,23)24)9-17(16)25-19(29)13-4-7-18(28)26(11-13)10-12-2-1-3-15(8-12)27(30)31/h1-9,11H,10H2,(H,25,29). The number of carbonyl (C=O) groups is 1. The Balaban J connectivity index is 1.86. The maximum Gasteiger partial charge on any atom is 0.416 e. The number of halogens is 4. The molecule has 1 N–H and O–H groups in total. The van der Waals surface area contributed by atoms with Crippen LogP contribution in [0.5, 0.6) is 0 Å². The zero-order valence-corrected chi connectivity index (χ0v) is 16.3. The van der Waals surface area contributed by atoms with E-state index in [1.54, 1.807) is 6.07 Å². The highest BCUT2D eigenvalue weighted by Gasteiger charge is 2.31. The molecule has 0 aliphatic heterocycles. The number of nitro benzene ring substituents is 1. The lowest BCUT2D eigenvalue weighted by atomic mass is 10.1. The van der Waals surface area contributed by atoms with Crippen molar-refractivity contribution in [1.82, 2.24) is 4.57 Å². The van der Waals surface area contributed by atoms with Crippen LogP contribution in [0.15, 0.2) is 65.6 Å². The molecule has 3 aromatic rings. The highest BCUT2D eigenvalue weighted by atomic mass is 35.5. The van der Waals surface area contributed by atoms with Gasteiger partial charge in [-0.3, -0.25) is 19.7 Å². The fourth-order valence-corrected chi connectivity index (χ4v) is 2.91. The number of anilines is 1. The van der Waals surface area contributed by atoms with Crippen molar-refractivity contribution in [2.45, 2.75) is 12.7 Å². The van der Waals surface area contributed by atoms with Crippen LogP contribution < -0.4 is 10.9 Å². The van der Waals surface area contributed by atoms with Crippen LogP contribution in [0.1, 0.15) is 21.5 Å². The summed E-state index contributed by atoms with van der Waals surface area (Å²) in [6.45, 7) is -0.0497. The predicted octanol–water partition coefficient (Wildman–Crippen LogP) is 4.73. The van der Waals surface area contributed by atoms with Gasteiger partial charge in [-0.1, -0.05) is 23.7 Å². The van der Waals surface area contributed by atoms with E-state index in [4.69, 9.17) is 11.6 Å². The van der Waals surface area contributed by atoms with E-state index in [1.165, 1.54) is 30.5 Å². The molecule has 3 rings (SSSR count). The molecule has 0 saturated carbocycles. The third-order valence-electron chi connectivity index (χ3n) is 4.26. The summed E-state index contributed by atoms with van der Waals surface area (Å²) in [6.07, 6.45) is -3.41. The van der Waals surface area contributed by atoms with Crippen molar-refractivity contribution >= 4 is 28.9 Å². The first kappa shape index (κ1) is 22.0. The van der Waals surface area contributed by atoms with Crippen molar-refractivity contribution in [2.75, 3.05) is 5.32 Å². The van der Waals surface area contributed by atoms with Gasteiger partial charge < -0.3 is 9.88 Å². The number of benzene rings is 2. The van der Waals surface area contributed by atoms with Crippen LogP contribution in [-0.4, -0.2) is 15.4 Å². The first-order valence-corrected chi connectivity index (χ1v) is 9.04. The van der Waals surface area contributed by atoms with E-state index in [0.717, 1.165) is 22.8 Å². The van der Waals surface area contributed by atoms with E-state index in [2.05, 4.69) is 5.32 Å². The van der Waals surface area contributed by atoms with Gasteiger partial charge in [0.2, 0.25) is 0 Å². The summed E-state index contributed by atoms with van der Waals surface area (Å²) >= 11 is 5.89. The zero-order chi connectivity index (χ0) is 22.8. The third-order valence-corrected chi connectivity index (χ3v) is 4.59. The Morgan fingerprint density at radius 1 is 1.13 bits per heavy atom. The Labute approximate surface area is 177 Å². The van der Waals surface area contributed by atoms with Crippen LogP contribution in [0.25, 0.3) is 0 Å². The van der Waals surface area contributed by atoms with Crippen LogP contribution in [0.4, 0.5) is 24.5 Å². The normalized spacial score (nSPS) is 11.2. The van der Waals surface area contributed by atoms with Crippen molar-refractivity contribution < 1.29 is 22.9 Å². The van der Waals surface area contributed by atoms with Crippen molar-refractivity contribution in [2.24, 2.45) is 0 Å². The molecule has 31 heavy (non-hydrogen) atoms. The Hall–Kier alpha value is -3.66. The molecule has 0 fully saturated rings. The quantitative estimate of drug-likeness (QED) is 0.448. The molecule has 0 atom stereocenters. The molecule has 160 valence electrons. The van der Waals surface area contributed by atoms with E-state index in [9.17, 15) is 32.9 Å². The van der Waals surface area contributed by atoms with Crippen molar-refractivity contribution in [1.29, 1.82) is 0 Å². The Kier molecular flexibility index (Phi) is 6.11. The van der Waals surface area contributed by atoms with Crippen LogP contribution in [0.3, 0.4) is 0 Å². The smallest absolute Gasteiger partial charge is 0.321 e. The number of nitro groups is 1. The molecular weight excluding hydrogens is 439 g/mol. The molecule has 11 heteroatoms. The van der Waals surface area contributed by atoms with Crippen LogP contribution >= 0.6 is 11.6 Å². The Morgan fingerprint density at radius 3 is 2.55 bits per heavy atom. The maximum atomic E-state index is 12.9. The molecule has 2 aromatic carbocycles. The fourth-order valence-electron chi connectivity index (χ4n) is 2.75. The minimum Gasteiger partial charge on any atom is -0.321 e. The molecule has 1 amide bonds. The summed E-state index contributed by atoms with van der Waals surface area (Å²) in [5.41, 5.74) is -1.41. The van der Waals surface area contributed by atoms with Gasteiger partial charge in [-0.15, -0.1) is 0 Å². The van der Waals surface area contributed by atoms with Gasteiger partial charge in [-0.05, 0) is 29.8 Å². The van der Waals surface area contributed by atoms with Gasteiger partial charge in [0, 0.05) is 24.4 Å². The van der Waals surface area contributed by atoms with Gasteiger partial charge in [-0.2, -0.15) is 13.2 Å². The molecular formula is C20H13ClF3N3O4. The lowest BCUT2D eigenvalue weighted by molar-refractivity contribution is -0.384. The molecule has 7 nitrogen and oxygen atoms in total. The molecule has 0 radical (unpaired) electrons. The van der Waals surface area contributed by atoms with Crippen molar-refractivity contribution in [3.05, 3.63) is 103 Å². The molecule has 1 aromatic heterocycles. The average molecular weight is 452 g/mol. The molecule has 0 aliphatic carbocycles. The van der Waals surface area contributed by atoms with Crippen LogP contribution in [-0.2, 0) is 12.7 Å². The molecule has 0 spiro atoms. The van der Waals surface area contributed by atoms with Gasteiger partial charge in [0.1, 0.15) is 0 Å². The number of amides is 1. The minimum atomic E-state index is -4.62. The topological polar surface area (TPSA) is 94.2 Å². The minimum absolute atomic E-state index is 0.0153. The largest absolute Gasteiger partial charge is 0.416 e. The van der Waals surface area contributed by atoms with Gasteiger partial charge in [0.05, 0.1) is 33.3 Å². The average Bonchev–Trinajstić information content (AvgIpc) is 2.70. The summed E-state index contributed by atoms with van der Waals surface area (Å²) in [4.78, 5) is 35.0. The predicted molar refractivity (Wildman–Crippen MR) is 107 cm³/mol. The van der Waals surface area contributed by atoms with Crippen LogP contribution in [0, 0.1) is 10.1 Å². The van der Waals surface area contributed by atoms with Gasteiger partial charge >= 0.3 is 6.18 Å². The number of nitrogens with one attached hydrogen (secondary N) is 1. The molecule has 0 aliphatic rings. The SMILES string of the molecule is O=C(Nc1cc(C(F)(F)F)ccc1Cl)c1ccc(=O)n(Cc2cccc([N+](=O)[O-])c2)c1. The number of rotatable bonds is 5. The van der Waals surface area contributed by atoms with Gasteiger partial charge in [0.25, 0.3) is 17.2 Å². The molecule has 0 unspecified atom stereocenters. The van der Waals surface area contributed by atoms with Crippen LogP contribution in [0.2, 0.25) is 5.02 Å². The van der Waals surface area contributed by atoms with E-state index in [0.29, 0.717) is 11.6 Å². The number of carbonyl (C=O) groups excluding carboxylic acids is 1. The van der Waals surface area contributed by atoms with E-state index in [-0.39, 0.29) is 28.5 Å². The summed E-state index contributed by atoms with van der Waals surface area (Å²) in [5, 5.41) is 13.1. The first-order chi connectivity index (χ1) is 14.5. The van der Waals surface area contributed by atoms with E-state index < -0.39 is 28.1 Å². The third kappa shape index (κ3) is 5.28. The number of hydrogen-bond acceptors (Lipinski definition) is 4. The van der Waals surface area contributed by atoms with Crippen molar-refractivity contribution in [3.63, 3.8) is 0 Å². The highest BCUT2D eigenvalue weighted by molar-refractivity contribution is 6.34.